The summed E-state index contributed by atoms with van der Waals surface area (Å²) < 4.78 is 2.30. The Morgan fingerprint density at radius 2 is 1.06 bits per heavy atom. The molecule has 0 saturated heterocycles. The highest BCUT2D eigenvalue weighted by molar-refractivity contribution is 6.15. The lowest BCUT2D eigenvalue weighted by Gasteiger charge is -2.13. The summed E-state index contributed by atoms with van der Waals surface area (Å²) in [6.07, 6.45) is 7.98. The van der Waals surface area contributed by atoms with E-state index in [1.807, 2.05) is 78.9 Å². The van der Waals surface area contributed by atoms with Gasteiger partial charge in [-0.05, 0) is 37.3 Å². The summed E-state index contributed by atoms with van der Waals surface area (Å²) in [4.78, 5) is 20.3. The largest absolute Gasteiger partial charge is 0.307 e. The Morgan fingerprint density at radius 1 is 0.540 bits per heavy atom. The van der Waals surface area contributed by atoms with E-state index >= 15 is 0 Å². The molecule has 0 saturated carbocycles. The van der Waals surface area contributed by atoms with Gasteiger partial charge in [-0.3, -0.25) is 0 Å². The third kappa shape index (κ3) is 5.71. The van der Waals surface area contributed by atoms with Crippen LogP contribution in [0.5, 0.6) is 0 Å². The smallest absolute Gasteiger partial charge is 0.164 e. The van der Waals surface area contributed by atoms with E-state index in [-0.39, 0.29) is 0 Å². The van der Waals surface area contributed by atoms with Crippen molar-refractivity contribution in [3.63, 3.8) is 0 Å². The van der Waals surface area contributed by atoms with Crippen LogP contribution in [-0.4, -0.2) is 24.5 Å². The fraction of sp³-hybridized carbons (Fsp3) is 0.0222. The topological polar surface area (TPSA) is 56.5 Å². The highest BCUT2D eigenvalue weighted by Gasteiger charge is 2.21. The number of rotatable bonds is 8. The van der Waals surface area contributed by atoms with Crippen LogP contribution in [0.1, 0.15) is 6.92 Å². The zero-order valence-corrected chi connectivity index (χ0v) is 27.6. The van der Waals surface area contributed by atoms with Crippen molar-refractivity contribution in [1.29, 1.82) is 0 Å². The van der Waals surface area contributed by atoms with E-state index < -0.39 is 0 Å². The van der Waals surface area contributed by atoms with Crippen molar-refractivity contribution in [2.24, 2.45) is 0 Å². The summed E-state index contributed by atoms with van der Waals surface area (Å²) in [6.45, 7) is 5.99. The molecule has 0 atom stereocenters. The van der Waals surface area contributed by atoms with Gasteiger partial charge in [0, 0.05) is 44.3 Å². The third-order valence-electron chi connectivity index (χ3n) is 8.78. The van der Waals surface area contributed by atoms with Gasteiger partial charge < -0.3 is 4.57 Å². The number of nitrogens with zero attached hydrogens (tertiary/aromatic N) is 5. The van der Waals surface area contributed by atoms with Crippen molar-refractivity contribution in [2.45, 2.75) is 6.92 Å². The van der Waals surface area contributed by atoms with Crippen LogP contribution in [0.3, 0.4) is 0 Å². The van der Waals surface area contributed by atoms with E-state index in [0.717, 1.165) is 66.7 Å². The Morgan fingerprint density at radius 3 is 1.60 bits per heavy atom. The van der Waals surface area contributed by atoms with Crippen LogP contribution in [0.2, 0.25) is 0 Å². The molecule has 0 N–H and O–H groups in total. The number of hydrogen-bond acceptors (Lipinski definition) is 4. The van der Waals surface area contributed by atoms with E-state index in [1.165, 1.54) is 0 Å². The number of hydrogen-bond donors (Lipinski definition) is 0. The minimum Gasteiger partial charge on any atom is -0.307 e. The second-order valence-corrected chi connectivity index (χ2v) is 11.9. The molecular weight excluding hydrogens is 611 g/mol. The van der Waals surface area contributed by atoms with E-state index in [4.69, 9.17) is 19.9 Å². The Labute approximate surface area is 291 Å². The lowest BCUT2D eigenvalue weighted by atomic mass is 10.0. The van der Waals surface area contributed by atoms with Crippen molar-refractivity contribution < 1.29 is 0 Å². The molecule has 50 heavy (non-hydrogen) atoms. The van der Waals surface area contributed by atoms with Crippen LogP contribution in [0, 0.1) is 0 Å². The van der Waals surface area contributed by atoms with Crippen molar-refractivity contribution in [2.75, 3.05) is 0 Å². The standard InChI is InChI=1S/C45H33N5/c1-3-5-26-36(4-2)50-40-28-27-35(45-48-43(33-22-14-8-15-23-33)47-44(49-45)34-24-16-9-17-25-34)29-37(40)38-30-39(31-18-10-6-11-19-31)46-41(42(38)50)32-20-12-7-13-21-32/h3-30H,1H2,2H3/b26-5-,36-4+. The zero-order chi connectivity index (χ0) is 33.9. The molecule has 0 fully saturated rings. The van der Waals surface area contributed by atoms with Crippen molar-refractivity contribution in [3.05, 3.63) is 176 Å². The number of allylic oxidation sites excluding steroid dienone is 5. The second-order valence-electron chi connectivity index (χ2n) is 11.9. The summed E-state index contributed by atoms with van der Waals surface area (Å²) in [5, 5.41) is 2.16. The fourth-order valence-electron chi connectivity index (χ4n) is 6.40. The van der Waals surface area contributed by atoms with E-state index in [9.17, 15) is 0 Å². The van der Waals surface area contributed by atoms with Gasteiger partial charge in [0.25, 0.3) is 0 Å². The molecule has 238 valence electrons. The van der Waals surface area contributed by atoms with Gasteiger partial charge in [-0.25, -0.2) is 19.9 Å². The Balaban J connectivity index is 1.45. The highest BCUT2D eigenvalue weighted by Crippen LogP contribution is 2.41. The molecule has 0 unspecified atom stereocenters. The molecule has 0 radical (unpaired) electrons. The van der Waals surface area contributed by atoms with E-state index in [2.05, 4.69) is 103 Å². The Bertz CT molecular complexity index is 2480. The average molecular weight is 644 g/mol. The van der Waals surface area contributed by atoms with Crippen molar-refractivity contribution in [1.82, 2.24) is 24.5 Å². The summed E-state index contributed by atoms with van der Waals surface area (Å²) in [5.74, 6) is 1.87. The molecule has 0 aliphatic carbocycles. The minimum atomic E-state index is 0.610. The summed E-state index contributed by atoms with van der Waals surface area (Å²) in [6, 6.07) is 49.6. The van der Waals surface area contributed by atoms with Crippen LogP contribution in [0.25, 0.3) is 84.2 Å². The first-order chi connectivity index (χ1) is 24.7. The maximum absolute atomic E-state index is 5.34. The summed E-state index contributed by atoms with van der Waals surface area (Å²) in [5.41, 5.74) is 9.77. The van der Waals surface area contributed by atoms with Crippen LogP contribution in [0.4, 0.5) is 0 Å². The maximum atomic E-state index is 5.34. The predicted octanol–water partition coefficient (Wildman–Crippen LogP) is 11.3. The SMILES string of the molecule is C=C/C=C\C(=C/C)n1c2ccc(-c3nc(-c4ccccc4)nc(-c4ccccc4)n3)cc2c2cc(-c3ccccc3)nc(-c3ccccc3)c21. The number of fused-ring (bicyclic) bond motifs is 3. The summed E-state index contributed by atoms with van der Waals surface area (Å²) in [7, 11) is 0. The molecule has 5 heteroatoms. The van der Waals surface area contributed by atoms with E-state index in [1.54, 1.807) is 6.08 Å². The molecule has 0 aliphatic heterocycles. The molecule has 0 bridgehead atoms. The van der Waals surface area contributed by atoms with Crippen LogP contribution < -0.4 is 0 Å². The van der Waals surface area contributed by atoms with Crippen LogP contribution in [0.15, 0.2) is 176 Å². The minimum absolute atomic E-state index is 0.610. The summed E-state index contributed by atoms with van der Waals surface area (Å²) >= 11 is 0. The lowest BCUT2D eigenvalue weighted by Crippen LogP contribution is -2.00. The molecule has 8 aromatic rings. The molecule has 5 nitrogen and oxygen atoms in total. The number of benzene rings is 5. The van der Waals surface area contributed by atoms with Gasteiger partial charge in [-0.2, -0.15) is 0 Å². The first-order valence-electron chi connectivity index (χ1n) is 16.6. The van der Waals surface area contributed by atoms with Gasteiger partial charge in [0.15, 0.2) is 17.5 Å². The molecule has 0 aliphatic rings. The number of aromatic nitrogens is 5. The zero-order valence-electron chi connectivity index (χ0n) is 27.6. The van der Waals surface area contributed by atoms with Crippen molar-refractivity contribution in [3.8, 4) is 56.7 Å². The van der Waals surface area contributed by atoms with Gasteiger partial charge in [0.05, 0.1) is 22.4 Å². The molecule has 5 aromatic carbocycles. The highest BCUT2D eigenvalue weighted by atomic mass is 15.0. The van der Waals surface area contributed by atoms with Crippen LogP contribution in [-0.2, 0) is 0 Å². The third-order valence-corrected chi connectivity index (χ3v) is 8.78. The fourth-order valence-corrected chi connectivity index (χ4v) is 6.40. The first kappa shape index (κ1) is 30.6. The first-order valence-corrected chi connectivity index (χ1v) is 16.6. The second kappa shape index (κ2) is 13.4. The quantitative estimate of drug-likeness (QED) is 0.155. The molecule has 0 spiro atoms. The van der Waals surface area contributed by atoms with Gasteiger partial charge in [-0.15, -0.1) is 0 Å². The van der Waals surface area contributed by atoms with Gasteiger partial charge in [-0.1, -0.05) is 146 Å². The van der Waals surface area contributed by atoms with Gasteiger partial charge in [0.2, 0.25) is 0 Å². The van der Waals surface area contributed by atoms with Gasteiger partial charge in [0.1, 0.15) is 0 Å². The normalized spacial score (nSPS) is 11.8. The molecule has 3 aromatic heterocycles. The molecule has 8 rings (SSSR count). The Hall–Kier alpha value is -6.72. The maximum Gasteiger partial charge on any atom is 0.164 e. The van der Waals surface area contributed by atoms with Gasteiger partial charge >= 0.3 is 0 Å². The molecular formula is C45H33N5. The average Bonchev–Trinajstić information content (AvgIpc) is 3.52. The molecule has 3 heterocycles. The predicted molar refractivity (Wildman–Crippen MR) is 207 cm³/mol. The lowest BCUT2D eigenvalue weighted by molar-refractivity contribution is 1.07. The molecule has 0 amide bonds. The Kier molecular flexibility index (Phi) is 8.21. The van der Waals surface area contributed by atoms with Crippen LogP contribution >= 0.6 is 0 Å². The monoisotopic (exact) mass is 643 g/mol. The van der Waals surface area contributed by atoms with Crippen molar-refractivity contribution >= 4 is 27.5 Å². The number of pyridine rings is 1. The van der Waals surface area contributed by atoms with E-state index in [0.29, 0.717) is 17.5 Å².